The van der Waals surface area contributed by atoms with Crippen molar-refractivity contribution in [1.29, 1.82) is 0 Å². The minimum atomic E-state index is -1.20. The molecule has 0 spiro atoms. The number of aryl methyl sites for hydroxylation is 1. The number of rotatable bonds is 6. The SMILES string of the molecule is COc1cccc(C(O)C(=O)NCC(C)c2ccc(C)cc2)c1. The van der Waals surface area contributed by atoms with E-state index in [0.29, 0.717) is 17.9 Å². The number of methoxy groups -OCH3 is 1. The zero-order valence-electron chi connectivity index (χ0n) is 13.7. The Balaban J connectivity index is 1.94. The maximum absolute atomic E-state index is 12.1. The van der Waals surface area contributed by atoms with Crippen LogP contribution in [0, 0.1) is 6.92 Å². The molecule has 122 valence electrons. The average molecular weight is 313 g/mol. The van der Waals surface area contributed by atoms with Gasteiger partial charge in [-0.3, -0.25) is 4.79 Å². The van der Waals surface area contributed by atoms with Gasteiger partial charge in [-0.1, -0.05) is 48.9 Å². The second-order valence-corrected chi connectivity index (χ2v) is 5.74. The van der Waals surface area contributed by atoms with Gasteiger partial charge >= 0.3 is 0 Å². The van der Waals surface area contributed by atoms with Crippen molar-refractivity contribution < 1.29 is 14.6 Å². The highest BCUT2D eigenvalue weighted by molar-refractivity contribution is 5.82. The van der Waals surface area contributed by atoms with E-state index in [2.05, 4.69) is 29.6 Å². The van der Waals surface area contributed by atoms with Crippen molar-refractivity contribution in [3.8, 4) is 5.75 Å². The zero-order valence-corrected chi connectivity index (χ0v) is 13.7. The Hall–Kier alpha value is -2.33. The van der Waals surface area contributed by atoms with Crippen molar-refractivity contribution in [2.75, 3.05) is 13.7 Å². The Labute approximate surface area is 137 Å². The Morgan fingerprint density at radius 2 is 1.87 bits per heavy atom. The number of amides is 1. The number of benzene rings is 2. The van der Waals surface area contributed by atoms with Crippen molar-refractivity contribution in [2.24, 2.45) is 0 Å². The Kier molecular flexibility index (Phi) is 5.77. The van der Waals surface area contributed by atoms with E-state index in [9.17, 15) is 9.90 Å². The van der Waals surface area contributed by atoms with Gasteiger partial charge in [0.05, 0.1) is 7.11 Å². The van der Waals surface area contributed by atoms with Crippen LogP contribution < -0.4 is 10.1 Å². The van der Waals surface area contributed by atoms with E-state index in [-0.39, 0.29) is 5.92 Å². The van der Waals surface area contributed by atoms with Crippen LogP contribution in [-0.2, 0) is 4.79 Å². The summed E-state index contributed by atoms with van der Waals surface area (Å²) in [5.74, 6) is 0.386. The monoisotopic (exact) mass is 313 g/mol. The molecule has 2 atom stereocenters. The fraction of sp³-hybridized carbons (Fsp3) is 0.316. The van der Waals surface area contributed by atoms with Crippen molar-refractivity contribution in [1.82, 2.24) is 5.32 Å². The Bertz CT molecular complexity index is 652. The maximum Gasteiger partial charge on any atom is 0.253 e. The molecule has 2 aromatic carbocycles. The van der Waals surface area contributed by atoms with Gasteiger partial charge in [0.1, 0.15) is 5.75 Å². The van der Waals surface area contributed by atoms with Crippen LogP contribution in [0.2, 0.25) is 0 Å². The fourth-order valence-corrected chi connectivity index (χ4v) is 2.33. The molecule has 0 radical (unpaired) electrons. The first-order valence-electron chi connectivity index (χ1n) is 7.67. The first kappa shape index (κ1) is 17.0. The topological polar surface area (TPSA) is 58.6 Å². The fourth-order valence-electron chi connectivity index (χ4n) is 2.33. The molecule has 1 amide bonds. The molecule has 2 aromatic rings. The number of aliphatic hydroxyl groups is 1. The summed E-state index contributed by atoms with van der Waals surface area (Å²) in [7, 11) is 1.55. The highest BCUT2D eigenvalue weighted by Crippen LogP contribution is 2.20. The molecule has 2 unspecified atom stereocenters. The third-order valence-electron chi connectivity index (χ3n) is 3.89. The predicted octanol–water partition coefficient (Wildman–Crippen LogP) is 2.96. The molecule has 0 saturated heterocycles. The lowest BCUT2D eigenvalue weighted by Crippen LogP contribution is -2.32. The number of nitrogens with one attached hydrogen (secondary N) is 1. The van der Waals surface area contributed by atoms with Crippen molar-refractivity contribution >= 4 is 5.91 Å². The molecule has 0 aliphatic carbocycles. The van der Waals surface area contributed by atoms with Gasteiger partial charge in [-0.05, 0) is 36.1 Å². The van der Waals surface area contributed by atoms with Gasteiger partial charge in [0.2, 0.25) is 0 Å². The highest BCUT2D eigenvalue weighted by Gasteiger charge is 2.18. The largest absolute Gasteiger partial charge is 0.497 e. The summed E-state index contributed by atoms with van der Waals surface area (Å²) in [5, 5.41) is 13.0. The van der Waals surface area contributed by atoms with Crippen LogP contribution in [0.1, 0.15) is 35.6 Å². The first-order valence-corrected chi connectivity index (χ1v) is 7.67. The average Bonchev–Trinajstić information content (AvgIpc) is 2.59. The van der Waals surface area contributed by atoms with Gasteiger partial charge in [0.25, 0.3) is 5.91 Å². The second kappa shape index (κ2) is 7.79. The predicted molar refractivity (Wildman–Crippen MR) is 90.6 cm³/mol. The molecule has 0 aliphatic rings. The summed E-state index contributed by atoms with van der Waals surface area (Å²) < 4.78 is 5.11. The molecule has 4 heteroatoms. The molecule has 0 heterocycles. The van der Waals surface area contributed by atoms with E-state index in [1.807, 2.05) is 13.8 Å². The van der Waals surface area contributed by atoms with Crippen LogP contribution in [0.15, 0.2) is 48.5 Å². The summed E-state index contributed by atoms with van der Waals surface area (Å²) in [6.07, 6.45) is -1.20. The van der Waals surface area contributed by atoms with E-state index >= 15 is 0 Å². The standard InChI is InChI=1S/C19H23NO3/c1-13-7-9-15(10-8-13)14(2)12-20-19(22)18(21)16-5-4-6-17(11-16)23-3/h4-11,14,18,21H,12H2,1-3H3,(H,20,22). The lowest BCUT2D eigenvalue weighted by atomic mass is 10.00. The molecule has 0 saturated carbocycles. The molecule has 23 heavy (non-hydrogen) atoms. The quantitative estimate of drug-likeness (QED) is 0.862. The minimum Gasteiger partial charge on any atom is -0.497 e. The summed E-state index contributed by atoms with van der Waals surface area (Å²) >= 11 is 0. The smallest absolute Gasteiger partial charge is 0.253 e. The summed E-state index contributed by atoms with van der Waals surface area (Å²) in [5.41, 5.74) is 2.88. The van der Waals surface area contributed by atoms with Crippen LogP contribution in [0.25, 0.3) is 0 Å². The van der Waals surface area contributed by atoms with Crippen LogP contribution in [-0.4, -0.2) is 24.7 Å². The Morgan fingerprint density at radius 3 is 2.52 bits per heavy atom. The third kappa shape index (κ3) is 4.57. The van der Waals surface area contributed by atoms with Crippen molar-refractivity contribution in [3.05, 3.63) is 65.2 Å². The summed E-state index contributed by atoms with van der Waals surface area (Å²) in [6, 6.07) is 15.1. The van der Waals surface area contributed by atoms with Gasteiger partial charge in [0.15, 0.2) is 6.10 Å². The van der Waals surface area contributed by atoms with Gasteiger partial charge < -0.3 is 15.2 Å². The van der Waals surface area contributed by atoms with Crippen molar-refractivity contribution in [3.63, 3.8) is 0 Å². The highest BCUT2D eigenvalue weighted by atomic mass is 16.5. The van der Waals surface area contributed by atoms with Gasteiger partial charge in [-0.25, -0.2) is 0 Å². The number of hydrogen-bond donors (Lipinski definition) is 2. The normalized spacial score (nSPS) is 13.2. The lowest BCUT2D eigenvalue weighted by Gasteiger charge is -2.16. The van der Waals surface area contributed by atoms with E-state index < -0.39 is 12.0 Å². The van der Waals surface area contributed by atoms with Crippen LogP contribution >= 0.6 is 0 Å². The third-order valence-corrected chi connectivity index (χ3v) is 3.89. The molecule has 2 N–H and O–H groups in total. The lowest BCUT2D eigenvalue weighted by molar-refractivity contribution is -0.129. The molecular formula is C19H23NO3. The maximum atomic E-state index is 12.1. The van der Waals surface area contributed by atoms with E-state index in [1.165, 1.54) is 5.56 Å². The van der Waals surface area contributed by atoms with Crippen LogP contribution in [0.4, 0.5) is 0 Å². The van der Waals surface area contributed by atoms with Gasteiger partial charge in [-0.15, -0.1) is 0 Å². The molecule has 4 nitrogen and oxygen atoms in total. The van der Waals surface area contributed by atoms with E-state index in [1.54, 1.807) is 31.4 Å². The number of carbonyl (C=O) groups is 1. The molecule has 0 aromatic heterocycles. The summed E-state index contributed by atoms with van der Waals surface area (Å²) in [6.45, 7) is 4.56. The number of ether oxygens (including phenoxy) is 1. The van der Waals surface area contributed by atoms with E-state index in [0.717, 1.165) is 5.56 Å². The van der Waals surface area contributed by atoms with E-state index in [4.69, 9.17) is 4.74 Å². The molecular weight excluding hydrogens is 290 g/mol. The molecule has 0 fully saturated rings. The van der Waals surface area contributed by atoms with Gasteiger partial charge in [0, 0.05) is 6.54 Å². The number of carbonyl (C=O) groups excluding carboxylic acids is 1. The zero-order chi connectivity index (χ0) is 16.8. The Morgan fingerprint density at radius 1 is 1.17 bits per heavy atom. The second-order valence-electron chi connectivity index (χ2n) is 5.74. The van der Waals surface area contributed by atoms with Crippen LogP contribution in [0.5, 0.6) is 5.75 Å². The van der Waals surface area contributed by atoms with Crippen molar-refractivity contribution in [2.45, 2.75) is 25.9 Å². The summed E-state index contributed by atoms with van der Waals surface area (Å²) in [4.78, 5) is 12.1. The number of hydrogen-bond acceptors (Lipinski definition) is 3. The van der Waals surface area contributed by atoms with Crippen LogP contribution in [0.3, 0.4) is 0 Å². The number of aliphatic hydroxyl groups excluding tert-OH is 1. The molecule has 2 rings (SSSR count). The first-order chi connectivity index (χ1) is 11.0. The minimum absolute atomic E-state index is 0.178. The van der Waals surface area contributed by atoms with Gasteiger partial charge in [-0.2, -0.15) is 0 Å². The molecule has 0 aliphatic heterocycles. The molecule has 0 bridgehead atoms.